The fourth-order valence-corrected chi connectivity index (χ4v) is 3.54. The van der Waals surface area contributed by atoms with Crippen molar-refractivity contribution in [1.82, 2.24) is 4.98 Å². The first-order valence-electron chi connectivity index (χ1n) is 9.96. The number of hydrogen-bond acceptors (Lipinski definition) is 4. The van der Waals surface area contributed by atoms with E-state index in [4.69, 9.17) is 14.3 Å². The molecule has 4 heteroatoms. The summed E-state index contributed by atoms with van der Waals surface area (Å²) in [6, 6.07) is 23.7. The van der Waals surface area contributed by atoms with Crippen LogP contribution in [0.1, 0.15) is 48.1 Å². The molecule has 0 N–H and O–H groups in total. The second kappa shape index (κ2) is 10.4. The van der Waals surface area contributed by atoms with E-state index < -0.39 is 0 Å². The number of aryl methyl sites for hydroxylation is 1. The molecule has 1 fully saturated rings. The topological polar surface area (TPSA) is 56.3 Å². The maximum absolute atomic E-state index is 8.12. The van der Waals surface area contributed by atoms with Crippen molar-refractivity contribution in [2.75, 3.05) is 0 Å². The average molecular weight is 387 g/mol. The van der Waals surface area contributed by atoms with Gasteiger partial charge in [-0.05, 0) is 66.1 Å². The lowest BCUT2D eigenvalue weighted by atomic mass is 9.86. The molecule has 1 atom stereocenters. The Morgan fingerprint density at radius 2 is 1.59 bits per heavy atom. The molecular formula is C25H25NO3. The molecule has 0 amide bonds. The lowest BCUT2D eigenvalue weighted by Crippen LogP contribution is -2.04. The lowest BCUT2D eigenvalue weighted by Gasteiger charge is -2.18. The molecule has 148 valence electrons. The maximum atomic E-state index is 8.12. The predicted octanol–water partition coefficient (Wildman–Crippen LogP) is 5.18. The molecule has 29 heavy (non-hydrogen) atoms. The quantitative estimate of drug-likeness (QED) is 0.560. The summed E-state index contributed by atoms with van der Waals surface area (Å²) in [5.74, 6) is 2.18. The molecule has 0 saturated heterocycles. The molecular weight excluding hydrogens is 362 g/mol. The average Bonchev–Trinajstić information content (AvgIpc) is 3.60. The van der Waals surface area contributed by atoms with Gasteiger partial charge in [-0.3, -0.25) is 4.98 Å². The van der Waals surface area contributed by atoms with Gasteiger partial charge >= 0.3 is 6.15 Å². The molecule has 1 aromatic heterocycles. The number of benzene rings is 2. The molecule has 4 nitrogen and oxygen atoms in total. The summed E-state index contributed by atoms with van der Waals surface area (Å²) < 4.78 is 5.88. The Morgan fingerprint density at radius 3 is 2.10 bits per heavy atom. The van der Waals surface area contributed by atoms with Gasteiger partial charge in [0.15, 0.2) is 0 Å². The minimum atomic E-state index is 0.250. The largest absolute Gasteiger partial charge is 0.487 e. The molecule has 1 aliphatic rings. The van der Waals surface area contributed by atoms with Crippen molar-refractivity contribution in [3.05, 3.63) is 95.3 Å². The summed E-state index contributed by atoms with van der Waals surface area (Å²) in [6.07, 6.45) is 5.80. The summed E-state index contributed by atoms with van der Waals surface area (Å²) in [5.41, 5.74) is 5.18. The van der Waals surface area contributed by atoms with Crippen molar-refractivity contribution in [2.45, 2.75) is 38.7 Å². The van der Waals surface area contributed by atoms with Crippen molar-refractivity contribution >= 4 is 6.15 Å². The smallest absolute Gasteiger partial charge is 0.373 e. The van der Waals surface area contributed by atoms with E-state index in [1.54, 1.807) is 6.20 Å². The fraction of sp³-hybridized carbons (Fsp3) is 0.280. The number of ether oxygens (including phenoxy) is 1. The van der Waals surface area contributed by atoms with Crippen LogP contribution in [0.5, 0.6) is 5.75 Å². The normalized spacial score (nSPS) is 13.6. The van der Waals surface area contributed by atoms with Crippen LogP contribution < -0.4 is 4.74 Å². The molecule has 4 rings (SSSR count). The van der Waals surface area contributed by atoms with Crippen molar-refractivity contribution in [2.24, 2.45) is 5.92 Å². The van der Waals surface area contributed by atoms with E-state index in [1.807, 2.05) is 18.2 Å². The third kappa shape index (κ3) is 5.87. The molecule has 0 aliphatic heterocycles. The van der Waals surface area contributed by atoms with E-state index in [9.17, 15) is 0 Å². The Balaban J connectivity index is 0.000000755. The van der Waals surface area contributed by atoms with Gasteiger partial charge in [-0.2, -0.15) is 9.59 Å². The fourth-order valence-electron chi connectivity index (χ4n) is 3.54. The highest BCUT2D eigenvalue weighted by atomic mass is 16.5. The van der Waals surface area contributed by atoms with Gasteiger partial charge in [-0.1, -0.05) is 49.4 Å². The van der Waals surface area contributed by atoms with Crippen LogP contribution in [0.25, 0.3) is 0 Å². The van der Waals surface area contributed by atoms with E-state index in [-0.39, 0.29) is 6.15 Å². The highest BCUT2D eigenvalue weighted by Gasteiger charge is 2.33. The Labute approximate surface area is 171 Å². The lowest BCUT2D eigenvalue weighted by molar-refractivity contribution is -0.191. The van der Waals surface area contributed by atoms with Gasteiger partial charge < -0.3 is 4.74 Å². The zero-order valence-electron chi connectivity index (χ0n) is 16.6. The van der Waals surface area contributed by atoms with E-state index in [2.05, 4.69) is 60.4 Å². The van der Waals surface area contributed by atoms with Crippen LogP contribution in [0, 0.1) is 5.92 Å². The number of rotatable bonds is 7. The minimum absolute atomic E-state index is 0.250. The highest BCUT2D eigenvalue weighted by molar-refractivity contribution is 5.38. The summed E-state index contributed by atoms with van der Waals surface area (Å²) >= 11 is 0. The van der Waals surface area contributed by atoms with Gasteiger partial charge in [0.1, 0.15) is 12.4 Å². The minimum Gasteiger partial charge on any atom is -0.487 e. The second-order valence-electron chi connectivity index (χ2n) is 7.17. The van der Waals surface area contributed by atoms with Crippen LogP contribution in [0.3, 0.4) is 0 Å². The van der Waals surface area contributed by atoms with E-state index in [1.165, 1.54) is 29.5 Å². The molecule has 1 saturated carbocycles. The molecule has 1 aliphatic carbocycles. The Morgan fingerprint density at radius 1 is 0.966 bits per heavy atom. The standard InChI is InChI=1S/C24H25NO.CO2/c1-2-18-6-8-19(9-7-18)24(20-10-11-20)21-12-14-23(15-13-21)26-17-22-5-3-4-16-25-22;2-1-3/h3-9,12-16,20,24H,2,10-11,17H2,1H3;. The highest BCUT2D eigenvalue weighted by Crippen LogP contribution is 2.46. The molecule has 2 aromatic carbocycles. The zero-order chi connectivity index (χ0) is 20.5. The first-order chi connectivity index (χ1) is 14.2. The van der Waals surface area contributed by atoms with Crippen molar-refractivity contribution in [3.8, 4) is 5.75 Å². The third-order valence-electron chi connectivity index (χ3n) is 5.19. The van der Waals surface area contributed by atoms with Crippen LogP contribution >= 0.6 is 0 Å². The van der Waals surface area contributed by atoms with Gasteiger partial charge in [0.25, 0.3) is 0 Å². The summed E-state index contributed by atoms with van der Waals surface area (Å²) in [6.45, 7) is 2.71. The van der Waals surface area contributed by atoms with Crippen molar-refractivity contribution < 1.29 is 14.3 Å². The molecule has 1 heterocycles. The zero-order valence-corrected chi connectivity index (χ0v) is 16.6. The molecule has 3 aromatic rings. The van der Waals surface area contributed by atoms with Crippen LogP contribution in [-0.4, -0.2) is 11.1 Å². The molecule has 1 unspecified atom stereocenters. The van der Waals surface area contributed by atoms with Crippen LogP contribution in [0.2, 0.25) is 0 Å². The monoisotopic (exact) mass is 387 g/mol. The van der Waals surface area contributed by atoms with Gasteiger partial charge in [-0.25, -0.2) is 0 Å². The molecule has 0 bridgehead atoms. The number of pyridine rings is 1. The first-order valence-corrected chi connectivity index (χ1v) is 9.96. The van der Waals surface area contributed by atoms with E-state index >= 15 is 0 Å². The number of carbonyl (C=O) groups excluding carboxylic acids is 2. The molecule has 0 spiro atoms. The number of nitrogens with zero attached hydrogens (tertiary/aromatic N) is 1. The first kappa shape index (κ1) is 20.5. The number of hydrogen-bond donors (Lipinski definition) is 0. The molecule has 0 radical (unpaired) electrons. The van der Waals surface area contributed by atoms with E-state index in [0.29, 0.717) is 12.5 Å². The van der Waals surface area contributed by atoms with Gasteiger partial charge in [0.2, 0.25) is 0 Å². The van der Waals surface area contributed by atoms with Crippen LogP contribution in [0.15, 0.2) is 72.9 Å². The van der Waals surface area contributed by atoms with Crippen molar-refractivity contribution in [3.63, 3.8) is 0 Å². The van der Waals surface area contributed by atoms with Gasteiger partial charge in [-0.15, -0.1) is 0 Å². The van der Waals surface area contributed by atoms with Gasteiger partial charge in [0, 0.05) is 12.1 Å². The van der Waals surface area contributed by atoms with Crippen LogP contribution in [-0.2, 0) is 22.6 Å². The van der Waals surface area contributed by atoms with Crippen molar-refractivity contribution in [1.29, 1.82) is 0 Å². The summed E-state index contributed by atoms with van der Waals surface area (Å²) in [7, 11) is 0. The predicted molar refractivity (Wildman–Crippen MR) is 110 cm³/mol. The summed E-state index contributed by atoms with van der Waals surface area (Å²) in [5, 5.41) is 0. The van der Waals surface area contributed by atoms with E-state index in [0.717, 1.165) is 23.8 Å². The van der Waals surface area contributed by atoms with Crippen LogP contribution in [0.4, 0.5) is 0 Å². The van der Waals surface area contributed by atoms with Gasteiger partial charge in [0.05, 0.1) is 5.69 Å². The Kier molecular flexibility index (Phi) is 7.32. The maximum Gasteiger partial charge on any atom is 0.373 e. The Hall–Kier alpha value is -3.23. The summed E-state index contributed by atoms with van der Waals surface area (Å²) in [4.78, 5) is 20.5. The number of aromatic nitrogens is 1. The Bertz CT molecular complexity index is 911. The third-order valence-corrected chi connectivity index (χ3v) is 5.19. The second-order valence-corrected chi connectivity index (χ2v) is 7.17. The SMILES string of the molecule is CCc1ccc(C(c2ccc(OCc3ccccn3)cc2)C2CC2)cc1.O=C=O.